The van der Waals surface area contributed by atoms with Gasteiger partial charge in [-0.25, -0.2) is 4.98 Å². The summed E-state index contributed by atoms with van der Waals surface area (Å²) < 4.78 is 1.76. The average Bonchev–Trinajstić information content (AvgIpc) is 3.13. The second-order valence-electron chi connectivity index (χ2n) is 5.08. The first-order valence-corrected chi connectivity index (χ1v) is 9.02. The van der Waals surface area contributed by atoms with Crippen molar-refractivity contribution in [2.24, 2.45) is 0 Å². The van der Waals surface area contributed by atoms with Crippen LogP contribution in [0.2, 0.25) is 4.34 Å². The lowest BCUT2D eigenvalue weighted by Gasteiger charge is -1.99. The number of nitrogens with zero attached hydrogens (tertiary/aromatic N) is 1. The molecule has 0 saturated heterocycles. The molecule has 0 radical (unpaired) electrons. The molecule has 2 aromatic carbocycles. The van der Waals surface area contributed by atoms with Gasteiger partial charge in [0.05, 0.1) is 21.0 Å². The molecule has 114 valence electrons. The smallest absolute Gasteiger partial charge is 0.231 e. The maximum Gasteiger partial charge on any atom is 0.231 e. The van der Waals surface area contributed by atoms with Crippen molar-refractivity contribution >= 4 is 66.3 Å². The zero-order valence-corrected chi connectivity index (χ0v) is 14.3. The van der Waals surface area contributed by atoms with Crippen LogP contribution in [-0.4, -0.2) is 10.9 Å². The van der Waals surface area contributed by atoms with Crippen molar-refractivity contribution in [3.05, 3.63) is 57.7 Å². The average molecular weight is 359 g/mol. The van der Waals surface area contributed by atoms with Crippen molar-refractivity contribution in [3.63, 3.8) is 0 Å². The summed E-state index contributed by atoms with van der Waals surface area (Å²) in [5, 5.41) is 5.77. The summed E-state index contributed by atoms with van der Waals surface area (Å²) in [7, 11) is 0. The van der Waals surface area contributed by atoms with Crippen LogP contribution < -0.4 is 5.32 Å². The minimum atomic E-state index is -0.0770. The second-order valence-corrected chi connectivity index (χ2v) is 7.91. The third-order valence-electron chi connectivity index (χ3n) is 3.49. The van der Waals surface area contributed by atoms with E-state index in [2.05, 4.69) is 28.5 Å². The van der Waals surface area contributed by atoms with E-state index in [0.717, 1.165) is 25.9 Å². The van der Waals surface area contributed by atoms with Gasteiger partial charge in [0.1, 0.15) is 0 Å². The van der Waals surface area contributed by atoms with E-state index in [0.29, 0.717) is 15.9 Å². The van der Waals surface area contributed by atoms with E-state index in [9.17, 15) is 4.79 Å². The highest BCUT2D eigenvalue weighted by Gasteiger charge is 2.11. The normalized spacial score (nSPS) is 11.2. The Morgan fingerprint density at radius 2 is 1.96 bits per heavy atom. The summed E-state index contributed by atoms with van der Waals surface area (Å²) in [6.45, 7) is 0. The molecular formula is C17H11ClN2OS2. The summed E-state index contributed by atoms with van der Waals surface area (Å²) in [6.07, 6.45) is 0.314. The molecule has 0 atom stereocenters. The van der Waals surface area contributed by atoms with Crippen LogP contribution in [0.3, 0.4) is 0 Å². The number of fused-ring (bicyclic) bond motifs is 3. The van der Waals surface area contributed by atoms with Crippen molar-refractivity contribution in [3.8, 4) is 0 Å². The van der Waals surface area contributed by atoms with E-state index in [1.807, 2.05) is 24.3 Å². The van der Waals surface area contributed by atoms with Crippen LogP contribution in [0.1, 0.15) is 4.88 Å². The Morgan fingerprint density at radius 1 is 1.09 bits per heavy atom. The molecule has 0 aliphatic rings. The predicted molar refractivity (Wildman–Crippen MR) is 98.8 cm³/mol. The van der Waals surface area contributed by atoms with Crippen molar-refractivity contribution in [2.45, 2.75) is 6.42 Å². The Morgan fingerprint density at radius 3 is 2.78 bits per heavy atom. The molecule has 0 aliphatic carbocycles. The lowest BCUT2D eigenvalue weighted by Crippen LogP contribution is -2.13. The lowest BCUT2D eigenvalue weighted by atomic mass is 10.1. The number of rotatable bonds is 3. The van der Waals surface area contributed by atoms with E-state index in [1.54, 1.807) is 6.07 Å². The molecule has 6 heteroatoms. The van der Waals surface area contributed by atoms with Gasteiger partial charge in [-0.15, -0.1) is 11.3 Å². The number of carbonyl (C=O) groups is 1. The molecule has 3 nitrogen and oxygen atoms in total. The van der Waals surface area contributed by atoms with Gasteiger partial charge < -0.3 is 5.32 Å². The van der Waals surface area contributed by atoms with Crippen LogP contribution in [0.15, 0.2) is 48.5 Å². The number of nitrogens with one attached hydrogen (secondary N) is 1. The molecule has 0 unspecified atom stereocenters. The molecule has 1 N–H and O–H groups in total. The van der Waals surface area contributed by atoms with Crippen molar-refractivity contribution in [1.29, 1.82) is 0 Å². The molecule has 23 heavy (non-hydrogen) atoms. The Balaban J connectivity index is 1.61. The Kier molecular flexibility index (Phi) is 3.77. The van der Waals surface area contributed by atoms with Crippen molar-refractivity contribution in [1.82, 2.24) is 4.98 Å². The first kappa shape index (κ1) is 14.6. The van der Waals surface area contributed by atoms with Gasteiger partial charge in [0, 0.05) is 10.3 Å². The molecule has 0 spiro atoms. The van der Waals surface area contributed by atoms with Gasteiger partial charge in [0.2, 0.25) is 5.91 Å². The van der Waals surface area contributed by atoms with Gasteiger partial charge in [0.15, 0.2) is 5.13 Å². The third kappa shape index (κ3) is 2.95. The predicted octanol–water partition coefficient (Wildman–Crippen LogP) is 5.35. The van der Waals surface area contributed by atoms with Gasteiger partial charge in [-0.1, -0.05) is 53.3 Å². The monoisotopic (exact) mass is 358 g/mol. The second kappa shape index (κ2) is 5.92. The van der Waals surface area contributed by atoms with Crippen LogP contribution in [0.4, 0.5) is 5.13 Å². The van der Waals surface area contributed by atoms with E-state index in [4.69, 9.17) is 11.6 Å². The Hall–Kier alpha value is -1.95. The third-order valence-corrected chi connectivity index (χ3v) is 5.66. The number of halogens is 1. The number of anilines is 1. The number of benzene rings is 2. The fourth-order valence-corrected chi connectivity index (χ4v) is 4.47. The Bertz CT molecular complexity index is 1020. The van der Waals surface area contributed by atoms with E-state index in [-0.39, 0.29) is 5.91 Å². The Labute approximate surface area is 145 Å². The van der Waals surface area contributed by atoms with Gasteiger partial charge in [-0.3, -0.25) is 4.79 Å². The highest BCUT2D eigenvalue weighted by molar-refractivity contribution is 7.22. The highest BCUT2D eigenvalue weighted by atomic mass is 35.5. The molecule has 0 fully saturated rings. The summed E-state index contributed by atoms with van der Waals surface area (Å²) in [4.78, 5) is 17.7. The van der Waals surface area contributed by atoms with Crippen LogP contribution in [0, 0.1) is 0 Å². The van der Waals surface area contributed by atoms with Gasteiger partial charge in [-0.2, -0.15) is 0 Å². The van der Waals surface area contributed by atoms with E-state index < -0.39 is 0 Å². The molecule has 0 saturated carbocycles. The minimum Gasteiger partial charge on any atom is -0.302 e. The molecule has 0 aliphatic heterocycles. The van der Waals surface area contributed by atoms with Gasteiger partial charge in [0.25, 0.3) is 0 Å². The number of thiophene rings is 1. The first-order valence-electron chi connectivity index (χ1n) is 7.01. The zero-order chi connectivity index (χ0) is 15.8. The van der Waals surface area contributed by atoms with E-state index >= 15 is 0 Å². The summed E-state index contributed by atoms with van der Waals surface area (Å²) in [5.74, 6) is -0.0770. The number of amides is 1. The molecule has 2 aromatic heterocycles. The first-order chi connectivity index (χ1) is 11.2. The number of carbonyl (C=O) groups excluding carboxylic acids is 1. The minimum absolute atomic E-state index is 0.0770. The standard InChI is InChI=1S/C17H11ClN2OS2/c18-14-8-6-11(22-14)9-15(21)19-17-20-16-12-4-2-1-3-10(12)5-7-13(16)23-17/h1-8H,9H2,(H,19,20,21). The van der Waals surface area contributed by atoms with Crippen molar-refractivity contribution in [2.75, 3.05) is 5.32 Å². The van der Waals surface area contributed by atoms with Crippen LogP contribution in [0.5, 0.6) is 0 Å². The maximum absolute atomic E-state index is 12.2. The van der Waals surface area contributed by atoms with Crippen molar-refractivity contribution < 1.29 is 4.79 Å². The molecule has 2 heterocycles. The quantitative estimate of drug-likeness (QED) is 0.536. The molecule has 0 bridgehead atoms. The SMILES string of the molecule is O=C(Cc1ccc(Cl)s1)Nc1nc2c(ccc3ccccc32)s1. The van der Waals surface area contributed by atoms with Crippen LogP contribution in [0.25, 0.3) is 21.0 Å². The van der Waals surface area contributed by atoms with E-state index in [1.165, 1.54) is 22.7 Å². The number of hydrogen-bond donors (Lipinski definition) is 1. The number of hydrogen-bond acceptors (Lipinski definition) is 4. The summed E-state index contributed by atoms with van der Waals surface area (Å²) in [5.41, 5.74) is 0.933. The van der Waals surface area contributed by atoms with Crippen LogP contribution in [-0.2, 0) is 11.2 Å². The van der Waals surface area contributed by atoms with Crippen LogP contribution >= 0.6 is 34.3 Å². The number of aromatic nitrogens is 1. The highest BCUT2D eigenvalue weighted by Crippen LogP contribution is 2.31. The maximum atomic E-state index is 12.2. The molecule has 4 aromatic rings. The van der Waals surface area contributed by atoms with Gasteiger partial charge >= 0.3 is 0 Å². The molecule has 4 rings (SSSR count). The lowest BCUT2D eigenvalue weighted by molar-refractivity contribution is -0.115. The van der Waals surface area contributed by atoms with Gasteiger partial charge in [-0.05, 0) is 23.6 Å². The largest absolute Gasteiger partial charge is 0.302 e. The number of thiazole rings is 1. The topological polar surface area (TPSA) is 42.0 Å². The zero-order valence-electron chi connectivity index (χ0n) is 11.9. The summed E-state index contributed by atoms with van der Waals surface area (Å²) >= 11 is 8.80. The fraction of sp³-hybridized carbons (Fsp3) is 0.0588. The molecular weight excluding hydrogens is 348 g/mol. The summed E-state index contributed by atoms with van der Waals surface area (Å²) in [6, 6.07) is 15.9. The molecule has 1 amide bonds. The fourth-order valence-electron chi connectivity index (χ4n) is 2.48.